The number of rotatable bonds is 12. The van der Waals surface area contributed by atoms with Gasteiger partial charge >= 0.3 is 0 Å². The molecule has 2 aromatic rings. The zero-order valence-electron chi connectivity index (χ0n) is 17.2. The van der Waals surface area contributed by atoms with Gasteiger partial charge in [-0.3, -0.25) is 0 Å². The van der Waals surface area contributed by atoms with Crippen molar-refractivity contribution in [1.82, 2.24) is 0 Å². The third kappa shape index (κ3) is 6.61. The van der Waals surface area contributed by atoms with E-state index >= 15 is 0 Å². The second kappa shape index (κ2) is 12.1. The number of ether oxygens (including phenoxy) is 3. The van der Waals surface area contributed by atoms with Crippen molar-refractivity contribution in [3.8, 4) is 17.2 Å². The van der Waals surface area contributed by atoms with E-state index in [1.165, 1.54) is 0 Å². The van der Waals surface area contributed by atoms with Gasteiger partial charge in [0, 0.05) is 0 Å². The van der Waals surface area contributed by atoms with Gasteiger partial charge in [0.15, 0.2) is 11.5 Å². The average molecular weight is 385 g/mol. The second-order valence-electron chi connectivity index (χ2n) is 6.62. The maximum absolute atomic E-state index is 9.17. The number of hydrogen-bond acceptors (Lipinski definition) is 4. The molecular weight excluding hydrogens is 352 g/mol. The topological polar surface area (TPSA) is 47.9 Å². The lowest BCUT2D eigenvalue weighted by Gasteiger charge is -2.17. The molecule has 0 bridgehead atoms. The van der Waals surface area contributed by atoms with E-state index in [1.54, 1.807) is 0 Å². The first-order chi connectivity index (χ1) is 13.7. The summed E-state index contributed by atoms with van der Waals surface area (Å²) in [6.07, 6.45) is 6.85. The van der Waals surface area contributed by atoms with Gasteiger partial charge in [-0.1, -0.05) is 57.2 Å². The highest BCUT2D eigenvalue weighted by Crippen LogP contribution is 2.40. The molecule has 0 aromatic heterocycles. The molecule has 4 nitrogen and oxygen atoms in total. The maximum atomic E-state index is 9.17. The SMILES string of the molecule is CCCOc1cc(/C=C/c2ccc(CO)cc2)cc(OCCC)c1OCCC. The maximum Gasteiger partial charge on any atom is 0.203 e. The Morgan fingerprint density at radius 3 is 1.71 bits per heavy atom. The number of aliphatic hydroxyl groups excluding tert-OH is 1. The van der Waals surface area contributed by atoms with Gasteiger partial charge in [-0.2, -0.15) is 0 Å². The molecular formula is C24H32O4. The van der Waals surface area contributed by atoms with Crippen molar-refractivity contribution in [2.45, 2.75) is 46.6 Å². The van der Waals surface area contributed by atoms with Crippen molar-refractivity contribution in [2.24, 2.45) is 0 Å². The molecule has 152 valence electrons. The Morgan fingerprint density at radius 1 is 0.714 bits per heavy atom. The van der Waals surface area contributed by atoms with Crippen LogP contribution in [-0.4, -0.2) is 24.9 Å². The molecule has 0 radical (unpaired) electrons. The lowest BCUT2D eigenvalue weighted by atomic mass is 10.1. The van der Waals surface area contributed by atoms with Crippen molar-refractivity contribution >= 4 is 12.2 Å². The number of aliphatic hydroxyl groups is 1. The molecule has 0 heterocycles. The van der Waals surface area contributed by atoms with Crippen LogP contribution in [0.2, 0.25) is 0 Å². The van der Waals surface area contributed by atoms with E-state index in [2.05, 4.69) is 20.8 Å². The fourth-order valence-corrected chi connectivity index (χ4v) is 2.60. The summed E-state index contributed by atoms with van der Waals surface area (Å²) < 4.78 is 17.9. The summed E-state index contributed by atoms with van der Waals surface area (Å²) in [6.45, 7) is 8.19. The molecule has 2 aromatic carbocycles. The molecule has 4 heteroatoms. The molecule has 0 saturated carbocycles. The zero-order chi connectivity index (χ0) is 20.2. The second-order valence-corrected chi connectivity index (χ2v) is 6.62. The normalized spacial score (nSPS) is 11.0. The quantitative estimate of drug-likeness (QED) is 0.476. The molecule has 0 unspecified atom stereocenters. The molecule has 0 spiro atoms. The van der Waals surface area contributed by atoms with Crippen molar-refractivity contribution in [3.63, 3.8) is 0 Å². The summed E-state index contributed by atoms with van der Waals surface area (Å²) in [5.74, 6) is 2.13. The minimum absolute atomic E-state index is 0.0550. The lowest BCUT2D eigenvalue weighted by Crippen LogP contribution is -2.05. The molecule has 2 rings (SSSR count). The Labute approximate surface area is 168 Å². The molecule has 0 fully saturated rings. The van der Waals surface area contributed by atoms with Crippen LogP contribution in [0.25, 0.3) is 12.2 Å². The molecule has 0 aliphatic rings. The molecule has 28 heavy (non-hydrogen) atoms. The first kappa shape index (κ1) is 21.8. The third-order valence-electron chi connectivity index (χ3n) is 4.05. The summed E-state index contributed by atoms with van der Waals surface area (Å²) >= 11 is 0. The highest BCUT2D eigenvalue weighted by Gasteiger charge is 2.15. The van der Waals surface area contributed by atoms with E-state index in [4.69, 9.17) is 19.3 Å². The van der Waals surface area contributed by atoms with E-state index in [0.29, 0.717) is 25.6 Å². The van der Waals surface area contributed by atoms with E-state index in [1.807, 2.05) is 48.6 Å². The predicted octanol–water partition coefficient (Wildman–Crippen LogP) is 5.72. The average Bonchev–Trinajstić information content (AvgIpc) is 2.74. The van der Waals surface area contributed by atoms with Crippen LogP contribution in [0.4, 0.5) is 0 Å². The van der Waals surface area contributed by atoms with Crippen molar-refractivity contribution in [3.05, 3.63) is 53.1 Å². The van der Waals surface area contributed by atoms with Gasteiger partial charge in [0.1, 0.15) is 0 Å². The monoisotopic (exact) mass is 384 g/mol. The first-order valence-electron chi connectivity index (χ1n) is 10.2. The highest BCUT2D eigenvalue weighted by atomic mass is 16.5. The Kier molecular flexibility index (Phi) is 9.43. The van der Waals surface area contributed by atoms with Gasteiger partial charge in [-0.25, -0.2) is 0 Å². The van der Waals surface area contributed by atoms with Crippen LogP contribution in [-0.2, 0) is 6.61 Å². The van der Waals surface area contributed by atoms with Gasteiger partial charge in [0.25, 0.3) is 0 Å². The van der Waals surface area contributed by atoms with Crippen molar-refractivity contribution < 1.29 is 19.3 Å². The first-order valence-corrected chi connectivity index (χ1v) is 10.2. The van der Waals surface area contributed by atoms with Crippen molar-refractivity contribution in [1.29, 1.82) is 0 Å². The molecule has 0 aliphatic heterocycles. The standard InChI is InChI=1S/C24H32O4/c1-4-13-26-22-16-21(12-9-19-7-10-20(18-25)11-8-19)17-23(27-14-5-2)24(22)28-15-6-3/h7-12,16-17,25H,4-6,13-15,18H2,1-3H3/b12-9+. The summed E-state index contributed by atoms with van der Waals surface area (Å²) in [5, 5.41) is 9.17. The highest BCUT2D eigenvalue weighted by molar-refractivity contribution is 5.72. The fraction of sp³-hybridized carbons (Fsp3) is 0.417. The Morgan fingerprint density at radius 2 is 1.21 bits per heavy atom. The van der Waals surface area contributed by atoms with E-state index in [9.17, 15) is 0 Å². The van der Waals surface area contributed by atoms with Crippen LogP contribution in [0.15, 0.2) is 36.4 Å². The fourth-order valence-electron chi connectivity index (χ4n) is 2.60. The number of benzene rings is 2. The van der Waals surface area contributed by atoms with E-state index in [-0.39, 0.29) is 6.61 Å². The van der Waals surface area contributed by atoms with Gasteiger partial charge in [0.05, 0.1) is 26.4 Å². The zero-order valence-corrected chi connectivity index (χ0v) is 17.2. The molecule has 0 amide bonds. The summed E-state index contributed by atoms with van der Waals surface area (Å²) in [7, 11) is 0. The van der Waals surface area contributed by atoms with E-state index < -0.39 is 0 Å². The minimum Gasteiger partial charge on any atom is -0.490 e. The lowest BCUT2D eigenvalue weighted by molar-refractivity contribution is 0.243. The summed E-state index contributed by atoms with van der Waals surface area (Å²) in [6, 6.07) is 11.8. The Hall–Kier alpha value is -2.46. The Bertz CT molecular complexity index is 706. The molecule has 0 aliphatic carbocycles. The summed E-state index contributed by atoms with van der Waals surface area (Å²) in [5.41, 5.74) is 2.96. The van der Waals surface area contributed by atoms with E-state index in [0.717, 1.165) is 47.5 Å². The third-order valence-corrected chi connectivity index (χ3v) is 4.05. The van der Waals surface area contributed by atoms with Crippen LogP contribution < -0.4 is 14.2 Å². The van der Waals surface area contributed by atoms with Gasteiger partial charge in [-0.05, 0) is 48.1 Å². The van der Waals surface area contributed by atoms with Crippen LogP contribution >= 0.6 is 0 Å². The van der Waals surface area contributed by atoms with Gasteiger partial charge < -0.3 is 19.3 Å². The van der Waals surface area contributed by atoms with Crippen LogP contribution in [0.3, 0.4) is 0 Å². The predicted molar refractivity (Wildman–Crippen MR) is 115 cm³/mol. The smallest absolute Gasteiger partial charge is 0.203 e. The van der Waals surface area contributed by atoms with Crippen LogP contribution in [0.5, 0.6) is 17.2 Å². The number of hydrogen-bond donors (Lipinski definition) is 1. The van der Waals surface area contributed by atoms with Crippen LogP contribution in [0.1, 0.15) is 56.7 Å². The molecule has 0 saturated heterocycles. The van der Waals surface area contributed by atoms with Gasteiger partial charge in [-0.15, -0.1) is 0 Å². The van der Waals surface area contributed by atoms with Gasteiger partial charge in [0.2, 0.25) is 5.75 Å². The summed E-state index contributed by atoms with van der Waals surface area (Å²) in [4.78, 5) is 0. The Balaban J connectivity index is 2.33. The van der Waals surface area contributed by atoms with Crippen LogP contribution in [0, 0.1) is 0 Å². The molecule has 0 atom stereocenters. The molecule has 1 N–H and O–H groups in total. The largest absolute Gasteiger partial charge is 0.490 e. The minimum atomic E-state index is 0.0550. The van der Waals surface area contributed by atoms with Crippen molar-refractivity contribution in [2.75, 3.05) is 19.8 Å².